The van der Waals surface area contributed by atoms with Crippen molar-refractivity contribution in [3.05, 3.63) is 47.9 Å². The molecule has 0 atom stereocenters. The lowest BCUT2D eigenvalue weighted by Gasteiger charge is -2.26. The van der Waals surface area contributed by atoms with Crippen LogP contribution >= 0.6 is 0 Å². The number of hydrogen-bond acceptors (Lipinski definition) is 6. The van der Waals surface area contributed by atoms with E-state index in [0.717, 1.165) is 11.3 Å². The standard InChI is InChI=1S/C18H24N2O5/c1-4-24-16-7-5-14(6-8-16)12-20(13-18(22-2)23-3)17(21)11-15-9-10-25-19-15/h5-10,18H,4,11-13H2,1-3H3. The molecule has 25 heavy (non-hydrogen) atoms. The zero-order valence-corrected chi connectivity index (χ0v) is 14.8. The van der Waals surface area contributed by atoms with Crippen molar-refractivity contribution in [1.82, 2.24) is 10.1 Å². The molecule has 0 saturated heterocycles. The summed E-state index contributed by atoms with van der Waals surface area (Å²) in [6, 6.07) is 9.34. The SMILES string of the molecule is CCOc1ccc(CN(CC(OC)OC)C(=O)Cc2ccon2)cc1. The minimum Gasteiger partial charge on any atom is -0.494 e. The molecule has 0 radical (unpaired) electrons. The summed E-state index contributed by atoms with van der Waals surface area (Å²) in [6.07, 6.45) is 1.11. The Morgan fingerprint density at radius 3 is 2.48 bits per heavy atom. The van der Waals surface area contributed by atoms with Crippen molar-refractivity contribution in [3.8, 4) is 5.75 Å². The molecule has 7 nitrogen and oxygen atoms in total. The summed E-state index contributed by atoms with van der Waals surface area (Å²) >= 11 is 0. The molecule has 0 aliphatic heterocycles. The first-order valence-electron chi connectivity index (χ1n) is 8.10. The second kappa shape index (κ2) is 9.80. The number of amides is 1. The minimum atomic E-state index is -0.496. The van der Waals surface area contributed by atoms with Crippen LogP contribution in [0.25, 0.3) is 0 Å². The van der Waals surface area contributed by atoms with Gasteiger partial charge in [-0.1, -0.05) is 17.3 Å². The van der Waals surface area contributed by atoms with Gasteiger partial charge in [-0.25, -0.2) is 0 Å². The van der Waals surface area contributed by atoms with E-state index in [1.54, 1.807) is 25.2 Å². The molecule has 0 N–H and O–H groups in total. The van der Waals surface area contributed by atoms with Crippen LogP contribution in [0.15, 0.2) is 41.1 Å². The zero-order valence-electron chi connectivity index (χ0n) is 14.8. The van der Waals surface area contributed by atoms with Crippen LogP contribution in [0.2, 0.25) is 0 Å². The monoisotopic (exact) mass is 348 g/mol. The highest BCUT2D eigenvalue weighted by atomic mass is 16.7. The molecule has 2 aromatic rings. The summed E-state index contributed by atoms with van der Waals surface area (Å²) < 4.78 is 20.7. The third kappa shape index (κ3) is 5.88. The lowest BCUT2D eigenvalue weighted by Crippen LogP contribution is -2.39. The summed E-state index contributed by atoms with van der Waals surface area (Å²) in [4.78, 5) is 14.3. The topological polar surface area (TPSA) is 74.0 Å². The minimum absolute atomic E-state index is 0.0816. The molecule has 2 rings (SSSR count). The Kier molecular flexibility index (Phi) is 7.43. The van der Waals surface area contributed by atoms with Gasteiger partial charge in [-0.15, -0.1) is 0 Å². The molecule has 7 heteroatoms. The van der Waals surface area contributed by atoms with Crippen molar-refractivity contribution in [2.45, 2.75) is 26.2 Å². The molecule has 0 fully saturated rings. The normalized spacial score (nSPS) is 10.9. The summed E-state index contributed by atoms with van der Waals surface area (Å²) in [5, 5.41) is 3.80. The molecule has 1 amide bonds. The van der Waals surface area contributed by atoms with Gasteiger partial charge in [-0.2, -0.15) is 0 Å². The van der Waals surface area contributed by atoms with E-state index in [9.17, 15) is 4.79 Å². The van der Waals surface area contributed by atoms with Crippen LogP contribution in [0.4, 0.5) is 0 Å². The highest BCUT2D eigenvalue weighted by molar-refractivity contribution is 5.78. The molecular formula is C18H24N2O5. The number of rotatable bonds is 10. The van der Waals surface area contributed by atoms with E-state index in [1.165, 1.54) is 6.26 Å². The number of benzene rings is 1. The summed E-state index contributed by atoms with van der Waals surface area (Å²) in [5.41, 5.74) is 1.58. The van der Waals surface area contributed by atoms with Crippen LogP contribution in [0.3, 0.4) is 0 Å². The highest BCUT2D eigenvalue weighted by Crippen LogP contribution is 2.15. The average Bonchev–Trinajstić information content (AvgIpc) is 3.13. The van der Waals surface area contributed by atoms with Crippen molar-refractivity contribution in [1.29, 1.82) is 0 Å². The number of methoxy groups -OCH3 is 2. The maximum absolute atomic E-state index is 12.7. The summed E-state index contributed by atoms with van der Waals surface area (Å²) in [7, 11) is 3.09. The molecule has 0 bridgehead atoms. The van der Waals surface area contributed by atoms with Crippen molar-refractivity contribution < 1.29 is 23.5 Å². The zero-order chi connectivity index (χ0) is 18.1. The summed E-state index contributed by atoms with van der Waals surface area (Å²) in [5.74, 6) is 0.722. The van der Waals surface area contributed by atoms with Gasteiger partial charge in [0.05, 0.1) is 25.3 Å². The van der Waals surface area contributed by atoms with Crippen molar-refractivity contribution in [2.24, 2.45) is 0 Å². The number of aromatic nitrogens is 1. The number of nitrogens with zero attached hydrogens (tertiary/aromatic N) is 2. The van der Waals surface area contributed by atoms with Gasteiger partial charge in [0, 0.05) is 26.8 Å². The average molecular weight is 348 g/mol. The van der Waals surface area contributed by atoms with E-state index in [2.05, 4.69) is 5.16 Å². The van der Waals surface area contributed by atoms with E-state index in [-0.39, 0.29) is 12.3 Å². The quantitative estimate of drug-likeness (QED) is 0.613. The molecule has 136 valence electrons. The van der Waals surface area contributed by atoms with Crippen LogP contribution in [-0.4, -0.2) is 49.6 Å². The smallest absolute Gasteiger partial charge is 0.229 e. The fourth-order valence-electron chi connectivity index (χ4n) is 2.35. The highest BCUT2D eigenvalue weighted by Gasteiger charge is 2.20. The van der Waals surface area contributed by atoms with E-state index in [1.807, 2.05) is 31.2 Å². The number of hydrogen-bond donors (Lipinski definition) is 0. The molecule has 1 aromatic carbocycles. The Morgan fingerprint density at radius 2 is 1.92 bits per heavy atom. The predicted octanol–water partition coefficient (Wildman–Crippen LogP) is 2.26. The maximum Gasteiger partial charge on any atom is 0.229 e. The van der Waals surface area contributed by atoms with E-state index >= 15 is 0 Å². The Hall–Kier alpha value is -2.38. The van der Waals surface area contributed by atoms with Crippen LogP contribution in [-0.2, 0) is 27.2 Å². The van der Waals surface area contributed by atoms with Gasteiger partial charge in [-0.3, -0.25) is 4.79 Å². The third-order valence-electron chi connectivity index (χ3n) is 3.68. The van der Waals surface area contributed by atoms with E-state index < -0.39 is 6.29 Å². The molecule has 1 heterocycles. The molecule has 0 unspecified atom stereocenters. The second-order valence-corrected chi connectivity index (χ2v) is 5.42. The van der Waals surface area contributed by atoms with Crippen LogP contribution in [0.5, 0.6) is 5.75 Å². The van der Waals surface area contributed by atoms with Gasteiger partial charge in [0.2, 0.25) is 5.91 Å². The van der Waals surface area contributed by atoms with Crippen LogP contribution in [0.1, 0.15) is 18.2 Å². The lowest BCUT2D eigenvalue weighted by molar-refractivity contribution is -0.146. The predicted molar refractivity (Wildman–Crippen MR) is 91.0 cm³/mol. The molecule has 0 aliphatic rings. The molecule has 0 saturated carbocycles. The fraction of sp³-hybridized carbons (Fsp3) is 0.444. The molecule has 1 aromatic heterocycles. The van der Waals surface area contributed by atoms with Crippen molar-refractivity contribution in [2.75, 3.05) is 27.4 Å². The second-order valence-electron chi connectivity index (χ2n) is 5.42. The summed E-state index contributed by atoms with van der Waals surface area (Å²) in [6.45, 7) is 3.31. The first kappa shape index (κ1) is 19.0. The first-order chi connectivity index (χ1) is 12.2. The van der Waals surface area contributed by atoms with Gasteiger partial charge in [0.15, 0.2) is 6.29 Å². The van der Waals surface area contributed by atoms with Crippen LogP contribution < -0.4 is 4.74 Å². The lowest BCUT2D eigenvalue weighted by atomic mass is 10.2. The first-order valence-corrected chi connectivity index (χ1v) is 8.10. The number of ether oxygens (including phenoxy) is 3. The Bertz CT molecular complexity index is 623. The van der Waals surface area contributed by atoms with Gasteiger partial charge in [0.1, 0.15) is 12.0 Å². The molecule has 0 aliphatic carbocycles. The fourth-order valence-corrected chi connectivity index (χ4v) is 2.35. The van der Waals surface area contributed by atoms with Gasteiger partial charge >= 0.3 is 0 Å². The van der Waals surface area contributed by atoms with E-state index in [4.69, 9.17) is 18.7 Å². The Labute approximate surface area is 147 Å². The molecular weight excluding hydrogens is 324 g/mol. The van der Waals surface area contributed by atoms with Gasteiger partial charge in [-0.05, 0) is 24.6 Å². The maximum atomic E-state index is 12.7. The number of carbonyl (C=O) groups is 1. The Balaban J connectivity index is 2.08. The van der Waals surface area contributed by atoms with Crippen molar-refractivity contribution >= 4 is 5.91 Å². The third-order valence-corrected chi connectivity index (χ3v) is 3.68. The van der Waals surface area contributed by atoms with Crippen molar-refractivity contribution in [3.63, 3.8) is 0 Å². The van der Waals surface area contributed by atoms with Crippen LogP contribution in [0, 0.1) is 0 Å². The van der Waals surface area contributed by atoms with Gasteiger partial charge in [0.25, 0.3) is 0 Å². The van der Waals surface area contributed by atoms with E-state index in [0.29, 0.717) is 25.4 Å². The van der Waals surface area contributed by atoms with Gasteiger partial charge < -0.3 is 23.6 Å². The Morgan fingerprint density at radius 1 is 1.20 bits per heavy atom. The molecule has 0 spiro atoms. The largest absolute Gasteiger partial charge is 0.494 e. The number of carbonyl (C=O) groups excluding carboxylic acids is 1.